The standard InChI is InChI=1S/C16H22N4O2/c1-16(2,3)22-15(21)20-8-5-11(6-9-20)14-18-12-4-7-17-10-13(12)19-14/h4,7,10-11H,5-6,8-9H2,1-3H3,(H,18,19). The second kappa shape index (κ2) is 5.59. The van der Waals surface area contributed by atoms with Gasteiger partial charge in [-0.05, 0) is 39.7 Å². The number of H-pyrrole nitrogens is 1. The van der Waals surface area contributed by atoms with Crippen molar-refractivity contribution < 1.29 is 9.53 Å². The molecular weight excluding hydrogens is 280 g/mol. The van der Waals surface area contributed by atoms with Gasteiger partial charge >= 0.3 is 6.09 Å². The lowest BCUT2D eigenvalue weighted by atomic mass is 9.96. The molecule has 0 aliphatic carbocycles. The summed E-state index contributed by atoms with van der Waals surface area (Å²) >= 11 is 0. The van der Waals surface area contributed by atoms with Crippen molar-refractivity contribution in [2.45, 2.75) is 45.1 Å². The van der Waals surface area contributed by atoms with Gasteiger partial charge in [-0.1, -0.05) is 0 Å². The first-order chi connectivity index (χ1) is 10.4. The van der Waals surface area contributed by atoms with Crippen LogP contribution in [0.3, 0.4) is 0 Å². The Morgan fingerprint density at radius 2 is 2.09 bits per heavy atom. The lowest BCUT2D eigenvalue weighted by Crippen LogP contribution is -2.41. The predicted octanol–water partition coefficient (Wildman–Crippen LogP) is 3.07. The van der Waals surface area contributed by atoms with E-state index in [0.717, 1.165) is 29.7 Å². The number of fused-ring (bicyclic) bond motifs is 1. The van der Waals surface area contributed by atoms with Crippen LogP contribution in [-0.4, -0.2) is 44.6 Å². The number of nitrogens with one attached hydrogen (secondary N) is 1. The Kier molecular flexibility index (Phi) is 3.76. The normalized spacial score (nSPS) is 17.0. The third kappa shape index (κ3) is 3.21. The van der Waals surface area contributed by atoms with Crippen LogP contribution in [0.1, 0.15) is 45.4 Å². The highest BCUT2D eigenvalue weighted by atomic mass is 16.6. The quantitative estimate of drug-likeness (QED) is 0.878. The van der Waals surface area contributed by atoms with E-state index in [1.165, 1.54) is 0 Å². The van der Waals surface area contributed by atoms with E-state index < -0.39 is 5.60 Å². The van der Waals surface area contributed by atoms with Gasteiger partial charge in [-0.3, -0.25) is 4.98 Å². The number of imidazole rings is 1. The van der Waals surface area contributed by atoms with E-state index in [4.69, 9.17) is 4.74 Å². The summed E-state index contributed by atoms with van der Waals surface area (Å²) in [6, 6.07) is 1.91. The number of carbonyl (C=O) groups is 1. The van der Waals surface area contributed by atoms with Crippen molar-refractivity contribution in [3.63, 3.8) is 0 Å². The zero-order chi connectivity index (χ0) is 15.7. The van der Waals surface area contributed by atoms with Crippen molar-refractivity contribution in [3.8, 4) is 0 Å². The molecule has 22 heavy (non-hydrogen) atoms. The fraction of sp³-hybridized carbons (Fsp3) is 0.562. The molecule has 0 spiro atoms. The molecule has 3 heterocycles. The van der Waals surface area contributed by atoms with Crippen LogP contribution < -0.4 is 0 Å². The summed E-state index contributed by atoms with van der Waals surface area (Å²) in [6.45, 7) is 7.07. The fourth-order valence-electron chi connectivity index (χ4n) is 2.73. The molecule has 0 unspecified atom stereocenters. The Balaban J connectivity index is 1.63. The van der Waals surface area contributed by atoms with Crippen molar-refractivity contribution in [3.05, 3.63) is 24.3 Å². The maximum Gasteiger partial charge on any atom is 0.410 e. The number of pyridine rings is 1. The lowest BCUT2D eigenvalue weighted by Gasteiger charge is -2.32. The number of piperidine rings is 1. The summed E-state index contributed by atoms with van der Waals surface area (Å²) in [5, 5.41) is 0. The molecule has 1 fully saturated rings. The van der Waals surface area contributed by atoms with Crippen LogP contribution in [0.2, 0.25) is 0 Å². The third-order valence-electron chi connectivity index (χ3n) is 3.84. The number of amides is 1. The van der Waals surface area contributed by atoms with Crippen molar-refractivity contribution in [1.29, 1.82) is 0 Å². The summed E-state index contributed by atoms with van der Waals surface area (Å²) in [6.07, 6.45) is 5.11. The first-order valence-corrected chi connectivity index (χ1v) is 7.70. The van der Waals surface area contributed by atoms with Crippen molar-refractivity contribution in [2.75, 3.05) is 13.1 Å². The molecular formula is C16H22N4O2. The molecule has 6 nitrogen and oxygen atoms in total. The highest BCUT2D eigenvalue weighted by Crippen LogP contribution is 2.28. The van der Waals surface area contributed by atoms with Gasteiger partial charge in [-0.2, -0.15) is 0 Å². The number of nitrogens with zero attached hydrogens (tertiary/aromatic N) is 3. The average molecular weight is 302 g/mol. The third-order valence-corrected chi connectivity index (χ3v) is 3.84. The first-order valence-electron chi connectivity index (χ1n) is 7.70. The zero-order valence-corrected chi connectivity index (χ0v) is 13.3. The smallest absolute Gasteiger partial charge is 0.410 e. The van der Waals surface area contributed by atoms with Crippen molar-refractivity contribution in [2.24, 2.45) is 0 Å². The first kappa shape index (κ1) is 14.8. The highest BCUT2D eigenvalue weighted by Gasteiger charge is 2.28. The molecule has 2 aromatic heterocycles. The van der Waals surface area contributed by atoms with E-state index in [9.17, 15) is 4.79 Å². The number of aromatic amines is 1. The lowest BCUT2D eigenvalue weighted by molar-refractivity contribution is 0.0203. The van der Waals surface area contributed by atoms with Gasteiger partial charge < -0.3 is 14.6 Å². The predicted molar refractivity (Wildman–Crippen MR) is 83.7 cm³/mol. The van der Waals surface area contributed by atoms with E-state index in [1.807, 2.05) is 26.8 Å². The summed E-state index contributed by atoms with van der Waals surface area (Å²) in [7, 11) is 0. The Labute approximate surface area is 129 Å². The van der Waals surface area contributed by atoms with Gasteiger partial charge in [-0.15, -0.1) is 0 Å². The molecule has 1 aliphatic rings. The zero-order valence-electron chi connectivity index (χ0n) is 13.3. The SMILES string of the molecule is CC(C)(C)OC(=O)N1CCC(c2nc3ccncc3[nH]2)CC1. The second-order valence-electron chi connectivity index (χ2n) is 6.76. The molecule has 1 amide bonds. The average Bonchev–Trinajstić information content (AvgIpc) is 2.89. The van der Waals surface area contributed by atoms with E-state index in [2.05, 4.69) is 15.0 Å². The maximum absolute atomic E-state index is 12.1. The van der Waals surface area contributed by atoms with Crippen LogP contribution in [0, 0.1) is 0 Å². The molecule has 3 rings (SSSR count). The number of hydrogen-bond acceptors (Lipinski definition) is 4. The number of ether oxygens (including phenoxy) is 1. The van der Waals surface area contributed by atoms with E-state index >= 15 is 0 Å². The monoisotopic (exact) mass is 302 g/mol. The van der Waals surface area contributed by atoms with Crippen LogP contribution in [0.15, 0.2) is 18.5 Å². The molecule has 0 radical (unpaired) electrons. The second-order valence-corrected chi connectivity index (χ2v) is 6.76. The molecule has 1 saturated heterocycles. The van der Waals surface area contributed by atoms with E-state index in [-0.39, 0.29) is 6.09 Å². The van der Waals surface area contributed by atoms with E-state index in [0.29, 0.717) is 19.0 Å². The number of hydrogen-bond donors (Lipinski definition) is 1. The molecule has 6 heteroatoms. The van der Waals surface area contributed by atoms with Gasteiger partial charge in [0.25, 0.3) is 0 Å². The number of aromatic nitrogens is 3. The molecule has 0 saturated carbocycles. The Bertz CT molecular complexity index is 633. The van der Waals surface area contributed by atoms with Gasteiger partial charge in [-0.25, -0.2) is 9.78 Å². The number of rotatable bonds is 1. The minimum atomic E-state index is -0.445. The topological polar surface area (TPSA) is 71.1 Å². The summed E-state index contributed by atoms with van der Waals surface area (Å²) in [4.78, 5) is 25.9. The molecule has 118 valence electrons. The van der Waals surface area contributed by atoms with Crippen LogP contribution in [0.25, 0.3) is 11.0 Å². The van der Waals surface area contributed by atoms with Gasteiger partial charge in [0, 0.05) is 25.2 Å². The Morgan fingerprint density at radius 3 is 2.73 bits per heavy atom. The Hall–Kier alpha value is -2.11. The fourth-order valence-corrected chi connectivity index (χ4v) is 2.73. The number of carbonyl (C=O) groups excluding carboxylic acids is 1. The number of likely N-dealkylation sites (tertiary alicyclic amines) is 1. The highest BCUT2D eigenvalue weighted by molar-refractivity contribution is 5.73. The van der Waals surface area contributed by atoms with Gasteiger partial charge in [0.15, 0.2) is 0 Å². The van der Waals surface area contributed by atoms with Crippen LogP contribution in [0.4, 0.5) is 4.79 Å². The van der Waals surface area contributed by atoms with Crippen LogP contribution >= 0.6 is 0 Å². The van der Waals surface area contributed by atoms with Crippen molar-refractivity contribution in [1.82, 2.24) is 19.9 Å². The largest absolute Gasteiger partial charge is 0.444 e. The van der Waals surface area contributed by atoms with Crippen molar-refractivity contribution >= 4 is 17.1 Å². The maximum atomic E-state index is 12.1. The van der Waals surface area contributed by atoms with Crippen LogP contribution in [-0.2, 0) is 4.74 Å². The summed E-state index contributed by atoms with van der Waals surface area (Å²) in [5.41, 5.74) is 1.46. The molecule has 0 bridgehead atoms. The van der Waals surface area contributed by atoms with E-state index in [1.54, 1.807) is 17.3 Å². The molecule has 1 N–H and O–H groups in total. The van der Waals surface area contributed by atoms with Gasteiger partial charge in [0.05, 0.1) is 17.2 Å². The van der Waals surface area contributed by atoms with Gasteiger partial charge in [0.2, 0.25) is 0 Å². The Morgan fingerprint density at radius 1 is 1.36 bits per heavy atom. The minimum Gasteiger partial charge on any atom is -0.444 e. The molecule has 1 aliphatic heterocycles. The molecule has 0 atom stereocenters. The molecule has 2 aromatic rings. The van der Waals surface area contributed by atoms with Crippen LogP contribution in [0.5, 0.6) is 0 Å². The van der Waals surface area contributed by atoms with Gasteiger partial charge in [0.1, 0.15) is 11.4 Å². The minimum absolute atomic E-state index is 0.222. The summed E-state index contributed by atoms with van der Waals surface area (Å²) in [5.74, 6) is 1.35. The molecule has 0 aromatic carbocycles. The summed E-state index contributed by atoms with van der Waals surface area (Å²) < 4.78 is 5.42.